The van der Waals surface area contributed by atoms with E-state index in [1.807, 2.05) is 6.92 Å². The summed E-state index contributed by atoms with van der Waals surface area (Å²) in [6.45, 7) is 8.35. The molecule has 1 aromatic heterocycles. The summed E-state index contributed by atoms with van der Waals surface area (Å²) < 4.78 is 0. The Bertz CT molecular complexity index is 490. The van der Waals surface area contributed by atoms with Crippen molar-refractivity contribution in [1.82, 2.24) is 15.1 Å². The van der Waals surface area contributed by atoms with Crippen molar-refractivity contribution in [3.63, 3.8) is 0 Å². The van der Waals surface area contributed by atoms with Crippen molar-refractivity contribution in [2.24, 2.45) is 11.3 Å². The summed E-state index contributed by atoms with van der Waals surface area (Å²) in [7, 11) is 0. The predicted molar refractivity (Wildman–Crippen MR) is 89.0 cm³/mol. The van der Waals surface area contributed by atoms with Crippen molar-refractivity contribution in [2.75, 3.05) is 37.6 Å². The summed E-state index contributed by atoms with van der Waals surface area (Å²) in [4.78, 5) is 5.15. The second kappa shape index (κ2) is 5.80. The fourth-order valence-corrected chi connectivity index (χ4v) is 4.15. The van der Waals surface area contributed by atoms with E-state index in [1.165, 1.54) is 58.2 Å². The van der Waals surface area contributed by atoms with Crippen LogP contribution in [-0.2, 0) is 0 Å². The van der Waals surface area contributed by atoms with Gasteiger partial charge in [0.25, 0.3) is 0 Å². The molecule has 0 radical (unpaired) electrons. The summed E-state index contributed by atoms with van der Waals surface area (Å²) >= 11 is 0. The molecule has 120 valence electrons. The molecule has 0 bridgehead atoms. The molecule has 3 fully saturated rings. The van der Waals surface area contributed by atoms with Gasteiger partial charge in [-0.05, 0) is 82.0 Å². The lowest BCUT2D eigenvalue weighted by Crippen LogP contribution is -2.47. The summed E-state index contributed by atoms with van der Waals surface area (Å²) in [5.41, 5.74) is 1.62. The van der Waals surface area contributed by atoms with Crippen molar-refractivity contribution in [3.05, 3.63) is 17.8 Å². The molecule has 2 aliphatic heterocycles. The minimum atomic E-state index is 0.620. The molecule has 0 amide bonds. The monoisotopic (exact) mass is 300 g/mol. The highest BCUT2D eigenvalue weighted by Crippen LogP contribution is 2.42. The lowest BCUT2D eigenvalue weighted by molar-refractivity contribution is 0.0772. The average Bonchev–Trinajstić information content (AvgIpc) is 3.36. The lowest BCUT2D eigenvalue weighted by atomic mass is 9.71. The van der Waals surface area contributed by atoms with E-state index < -0.39 is 0 Å². The Hall–Kier alpha value is -1.16. The Labute approximate surface area is 133 Å². The standard InChI is InChI=1S/C18H28N4/c1-15-2-5-17(20-19-15)22-12-8-18(9-13-22)6-10-21(11-7-18)14-16-3-4-16/h2,5,16H,3-4,6-14H2,1H3. The molecular weight excluding hydrogens is 272 g/mol. The van der Waals surface area contributed by atoms with Gasteiger partial charge in [-0.15, -0.1) is 5.10 Å². The highest BCUT2D eigenvalue weighted by Gasteiger charge is 2.38. The lowest BCUT2D eigenvalue weighted by Gasteiger charge is -2.47. The fourth-order valence-electron chi connectivity index (χ4n) is 4.15. The Kier molecular flexibility index (Phi) is 3.81. The number of rotatable bonds is 3. The number of nitrogens with zero attached hydrogens (tertiary/aromatic N) is 4. The van der Waals surface area contributed by atoms with Crippen molar-refractivity contribution >= 4 is 5.82 Å². The molecule has 0 unspecified atom stereocenters. The van der Waals surface area contributed by atoms with Gasteiger partial charge in [0, 0.05) is 19.6 Å². The number of likely N-dealkylation sites (tertiary alicyclic amines) is 1. The maximum absolute atomic E-state index is 4.35. The van der Waals surface area contributed by atoms with Crippen molar-refractivity contribution in [1.29, 1.82) is 0 Å². The Balaban J connectivity index is 1.30. The molecule has 4 heteroatoms. The second-order valence-corrected chi connectivity index (χ2v) is 7.76. The summed E-state index contributed by atoms with van der Waals surface area (Å²) in [5.74, 6) is 2.10. The third kappa shape index (κ3) is 3.12. The maximum atomic E-state index is 4.35. The first kappa shape index (κ1) is 14.4. The Morgan fingerprint density at radius 2 is 1.68 bits per heavy atom. The van der Waals surface area contributed by atoms with Crippen LogP contribution in [0.5, 0.6) is 0 Å². The second-order valence-electron chi connectivity index (χ2n) is 7.76. The molecule has 1 aromatic rings. The molecule has 0 N–H and O–H groups in total. The van der Waals surface area contributed by atoms with E-state index in [0.29, 0.717) is 5.41 Å². The van der Waals surface area contributed by atoms with Crippen LogP contribution in [0.1, 0.15) is 44.2 Å². The van der Waals surface area contributed by atoms with Gasteiger partial charge >= 0.3 is 0 Å². The van der Waals surface area contributed by atoms with E-state index in [9.17, 15) is 0 Å². The van der Waals surface area contributed by atoms with Gasteiger partial charge in [-0.3, -0.25) is 0 Å². The van der Waals surface area contributed by atoms with Gasteiger partial charge in [0.2, 0.25) is 0 Å². The number of hydrogen-bond donors (Lipinski definition) is 0. The van der Waals surface area contributed by atoms with Crippen molar-refractivity contribution in [2.45, 2.75) is 45.4 Å². The topological polar surface area (TPSA) is 32.3 Å². The van der Waals surface area contributed by atoms with E-state index in [2.05, 4.69) is 32.1 Å². The van der Waals surface area contributed by atoms with Crippen LogP contribution >= 0.6 is 0 Å². The first-order valence-electron chi connectivity index (χ1n) is 9.00. The molecule has 3 heterocycles. The zero-order chi connectivity index (χ0) is 15.0. The first-order valence-corrected chi connectivity index (χ1v) is 9.00. The summed E-state index contributed by atoms with van der Waals surface area (Å²) in [6.07, 6.45) is 8.45. The largest absolute Gasteiger partial charge is 0.355 e. The fraction of sp³-hybridized carbons (Fsp3) is 0.778. The van der Waals surface area contributed by atoms with Gasteiger partial charge in [0.15, 0.2) is 5.82 Å². The van der Waals surface area contributed by atoms with Crippen LogP contribution in [0.3, 0.4) is 0 Å². The maximum Gasteiger partial charge on any atom is 0.151 e. The van der Waals surface area contributed by atoms with E-state index in [4.69, 9.17) is 0 Å². The zero-order valence-corrected chi connectivity index (χ0v) is 13.8. The first-order chi connectivity index (χ1) is 10.7. The SMILES string of the molecule is Cc1ccc(N2CCC3(CCN(CC4CC4)CC3)CC2)nn1. The minimum absolute atomic E-state index is 0.620. The smallest absolute Gasteiger partial charge is 0.151 e. The van der Waals surface area contributed by atoms with Gasteiger partial charge < -0.3 is 9.80 Å². The van der Waals surface area contributed by atoms with Crippen molar-refractivity contribution in [3.8, 4) is 0 Å². The molecule has 0 atom stereocenters. The minimum Gasteiger partial charge on any atom is -0.355 e. The van der Waals surface area contributed by atoms with Gasteiger partial charge in [0.05, 0.1) is 5.69 Å². The van der Waals surface area contributed by atoms with Crippen LogP contribution in [0.25, 0.3) is 0 Å². The highest BCUT2D eigenvalue weighted by molar-refractivity contribution is 5.37. The third-order valence-corrected chi connectivity index (χ3v) is 6.06. The number of anilines is 1. The molecule has 4 rings (SSSR count). The molecule has 2 saturated heterocycles. The number of aromatic nitrogens is 2. The van der Waals surface area contributed by atoms with Crippen LogP contribution in [0.15, 0.2) is 12.1 Å². The molecular formula is C18H28N4. The van der Waals surface area contributed by atoms with Gasteiger partial charge in [-0.1, -0.05) is 0 Å². The van der Waals surface area contributed by atoms with Gasteiger partial charge in [-0.2, -0.15) is 5.10 Å². The zero-order valence-electron chi connectivity index (χ0n) is 13.8. The predicted octanol–water partition coefficient (Wildman–Crippen LogP) is 2.88. The molecule has 22 heavy (non-hydrogen) atoms. The third-order valence-electron chi connectivity index (χ3n) is 6.06. The molecule has 0 aromatic carbocycles. The van der Waals surface area contributed by atoms with E-state index in [0.717, 1.165) is 30.5 Å². The van der Waals surface area contributed by atoms with Crippen LogP contribution in [0, 0.1) is 18.3 Å². The van der Waals surface area contributed by atoms with Gasteiger partial charge in [0.1, 0.15) is 0 Å². The number of hydrogen-bond acceptors (Lipinski definition) is 4. The van der Waals surface area contributed by atoms with Crippen LogP contribution in [0.2, 0.25) is 0 Å². The molecule has 4 nitrogen and oxygen atoms in total. The summed E-state index contributed by atoms with van der Waals surface area (Å²) in [5, 5.41) is 8.56. The summed E-state index contributed by atoms with van der Waals surface area (Å²) in [6, 6.07) is 4.20. The Morgan fingerprint density at radius 3 is 2.27 bits per heavy atom. The molecule has 1 spiro atoms. The van der Waals surface area contributed by atoms with Gasteiger partial charge in [-0.25, -0.2) is 0 Å². The normalized spacial score (nSPS) is 25.6. The van der Waals surface area contributed by atoms with Crippen LogP contribution in [-0.4, -0.2) is 47.8 Å². The Morgan fingerprint density at radius 1 is 1.00 bits per heavy atom. The quantitative estimate of drug-likeness (QED) is 0.859. The number of aryl methyl sites for hydroxylation is 1. The molecule has 3 aliphatic rings. The van der Waals surface area contributed by atoms with E-state index in [-0.39, 0.29) is 0 Å². The number of piperidine rings is 2. The van der Waals surface area contributed by atoms with Crippen molar-refractivity contribution < 1.29 is 0 Å². The van der Waals surface area contributed by atoms with Crippen LogP contribution in [0.4, 0.5) is 5.82 Å². The highest BCUT2D eigenvalue weighted by atomic mass is 15.3. The average molecular weight is 300 g/mol. The molecule has 1 aliphatic carbocycles. The van der Waals surface area contributed by atoms with Crippen LogP contribution < -0.4 is 4.90 Å². The van der Waals surface area contributed by atoms with E-state index in [1.54, 1.807) is 0 Å². The van der Waals surface area contributed by atoms with E-state index >= 15 is 0 Å². The molecule has 1 saturated carbocycles.